The Kier molecular flexibility index (Phi) is 6.88. The van der Waals surface area contributed by atoms with Gasteiger partial charge in [-0.15, -0.1) is 0 Å². The molecule has 2 aliphatic heterocycles. The highest BCUT2D eigenvalue weighted by atomic mass is 19.1. The first kappa shape index (κ1) is 22.7. The first-order valence-electron chi connectivity index (χ1n) is 10.8. The van der Waals surface area contributed by atoms with E-state index in [9.17, 15) is 14.0 Å². The third-order valence-electron chi connectivity index (χ3n) is 5.68. The van der Waals surface area contributed by atoms with E-state index >= 15 is 0 Å². The number of methoxy groups -OCH3 is 1. The maximum Gasteiger partial charge on any atom is 0.262 e. The largest absolute Gasteiger partial charge is 0.454 e. The van der Waals surface area contributed by atoms with Gasteiger partial charge in [0.25, 0.3) is 5.91 Å². The van der Waals surface area contributed by atoms with Crippen LogP contribution in [0.25, 0.3) is 0 Å². The fraction of sp³-hybridized carbons (Fsp3) is 0.375. The summed E-state index contributed by atoms with van der Waals surface area (Å²) in [6.07, 6.45) is 0.596. The quantitative estimate of drug-likeness (QED) is 0.611. The van der Waals surface area contributed by atoms with Crippen molar-refractivity contribution in [2.75, 3.05) is 33.6 Å². The third kappa shape index (κ3) is 4.83. The van der Waals surface area contributed by atoms with Crippen LogP contribution < -0.4 is 9.47 Å². The van der Waals surface area contributed by atoms with Crippen LogP contribution in [0.5, 0.6) is 11.5 Å². The molecule has 2 aromatic carbocycles. The van der Waals surface area contributed by atoms with Crippen molar-refractivity contribution in [3.05, 3.63) is 59.4 Å². The van der Waals surface area contributed by atoms with Crippen LogP contribution in [0.3, 0.4) is 0 Å². The van der Waals surface area contributed by atoms with Crippen molar-refractivity contribution in [1.29, 1.82) is 0 Å². The van der Waals surface area contributed by atoms with Gasteiger partial charge in [0.15, 0.2) is 11.5 Å². The number of carbonyl (C=O) groups is 2. The number of halogens is 1. The van der Waals surface area contributed by atoms with Crippen LogP contribution in [0.4, 0.5) is 4.39 Å². The summed E-state index contributed by atoms with van der Waals surface area (Å²) in [4.78, 5) is 27.2. The van der Waals surface area contributed by atoms with E-state index in [0.29, 0.717) is 42.3 Å². The monoisotopic (exact) mass is 455 g/mol. The minimum atomic E-state index is -0.470. The van der Waals surface area contributed by atoms with Crippen molar-refractivity contribution < 1.29 is 28.2 Å². The van der Waals surface area contributed by atoms with E-state index in [1.54, 1.807) is 31.2 Å². The molecule has 0 unspecified atom stereocenters. The molecule has 2 amide bonds. The number of benzene rings is 2. The fourth-order valence-corrected chi connectivity index (χ4v) is 3.93. The SMILES string of the molecule is CCC(=O)N(CCOC)CC(=O)N1N=C(c2ccccc2F)C[C@@H]1c1ccc2c(c1)OCO2. The van der Waals surface area contributed by atoms with E-state index in [2.05, 4.69) is 5.10 Å². The number of rotatable bonds is 8. The maximum atomic E-state index is 14.5. The Bertz CT molecular complexity index is 1070. The number of ether oxygens (including phenoxy) is 3. The van der Waals surface area contributed by atoms with Gasteiger partial charge < -0.3 is 19.1 Å². The topological polar surface area (TPSA) is 80.7 Å². The average Bonchev–Trinajstić information content (AvgIpc) is 3.48. The van der Waals surface area contributed by atoms with Gasteiger partial charge in [-0.1, -0.05) is 31.2 Å². The molecule has 2 heterocycles. The highest BCUT2D eigenvalue weighted by Crippen LogP contribution is 2.39. The molecule has 0 bridgehead atoms. The highest BCUT2D eigenvalue weighted by Gasteiger charge is 2.35. The maximum absolute atomic E-state index is 14.5. The first-order chi connectivity index (χ1) is 16.0. The molecule has 2 aliphatic rings. The summed E-state index contributed by atoms with van der Waals surface area (Å²) in [6.45, 7) is 2.34. The molecule has 0 N–H and O–H groups in total. The Labute approximate surface area is 191 Å². The second-order valence-electron chi connectivity index (χ2n) is 7.76. The molecule has 8 nitrogen and oxygen atoms in total. The standard InChI is InChI=1S/C24H26FN3O5/c1-3-23(29)27(10-11-31-2)14-24(30)28-20(16-8-9-21-22(12-16)33-15-32-21)13-19(26-28)17-6-4-5-7-18(17)25/h4-9,12,20H,3,10-11,13-15H2,1-2H3/t20-/m1/s1. The highest BCUT2D eigenvalue weighted by molar-refractivity contribution is 6.03. The second-order valence-corrected chi connectivity index (χ2v) is 7.76. The van der Waals surface area contributed by atoms with E-state index in [1.165, 1.54) is 23.1 Å². The van der Waals surface area contributed by atoms with E-state index in [1.807, 2.05) is 12.1 Å². The van der Waals surface area contributed by atoms with Gasteiger partial charge in [0.05, 0.1) is 18.4 Å². The zero-order valence-corrected chi connectivity index (χ0v) is 18.6. The first-order valence-corrected chi connectivity index (χ1v) is 10.8. The van der Waals surface area contributed by atoms with Crippen LogP contribution >= 0.6 is 0 Å². The van der Waals surface area contributed by atoms with Crippen LogP contribution in [0.1, 0.15) is 36.9 Å². The summed E-state index contributed by atoms with van der Waals surface area (Å²) in [5.41, 5.74) is 1.60. The van der Waals surface area contributed by atoms with Gasteiger partial charge in [-0.3, -0.25) is 9.59 Å². The molecule has 0 fully saturated rings. The number of carbonyl (C=O) groups excluding carboxylic acids is 2. The summed E-state index contributed by atoms with van der Waals surface area (Å²) in [5.74, 6) is 0.295. The van der Waals surface area contributed by atoms with Gasteiger partial charge in [-0.05, 0) is 23.8 Å². The second kappa shape index (κ2) is 9.99. The molecule has 0 radical (unpaired) electrons. The zero-order chi connectivity index (χ0) is 23.4. The summed E-state index contributed by atoms with van der Waals surface area (Å²) >= 11 is 0. The van der Waals surface area contributed by atoms with Gasteiger partial charge in [0.1, 0.15) is 12.4 Å². The van der Waals surface area contributed by atoms with Crippen molar-refractivity contribution >= 4 is 17.5 Å². The Hall–Kier alpha value is -3.46. The minimum absolute atomic E-state index is 0.136. The lowest BCUT2D eigenvalue weighted by Gasteiger charge is -2.26. The Morgan fingerprint density at radius 3 is 2.76 bits per heavy atom. The van der Waals surface area contributed by atoms with E-state index in [4.69, 9.17) is 14.2 Å². The third-order valence-corrected chi connectivity index (χ3v) is 5.68. The minimum Gasteiger partial charge on any atom is -0.454 e. The summed E-state index contributed by atoms with van der Waals surface area (Å²) < 4.78 is 30.5. The van der Waals surface area contributed by atoms with Crippen molar-refractivity contribution in [3.8, 4) is 11.5 Å². The van der Waals surface area contributed by atoms with Crippen LogP contribution in [-0.2, 0) is 14.3 Å². The molecule has 1 atom stereocenters. The molecule has 0 spiro atoms. The molecule has 33 heavy (non-hydrogen) atoms. The van der Waals surface area contributed by atoms with Crippen LogP contribution in [0, 0.1) is 5.82 Å². The predicted octanol–water partition coefficient (Wildman–Crippen LogP) is 3.12. The lowest BCUT2D eigenvalue weighted by molar-refractivity contribution is -0.141. The molecule has 0 saturated heterocycles. The molecule has 0 aromatic heterocycles. The smallest absolute Gasteiger partial charge is 0.262 e. The zero-order valence-electron chi connectivity index (χ0n) is 18.6. The van der Waals surface area contributed by atoms with Crippen LogP contribution in [0.15, 0.2) is 47.6 Å². The number of hydrogen-bond donors (Lipinski definition) is 0. The number of hydrazone groups is 1. The van der Waals surface area contributed by atoms with Crippen molar-refractivity contribution in [2.45, 2.75) is 25.8 Å². The average molecular weight is 455 g/mol. The lowest BCUT2D eigenvalue weighted by Crippen LogP contribution is -2.42. The number of fused-ring (bicyclic) bond motifs is 1. The van der Waals surface area contributed by atoms with Gasteiger partial charge >= 0.3 is 0 Å². The molecule has 4 rings (SSSR count). The van der Waals surface area contributed by atoms with Gasteiger partial charge in [-0.2, -0.15) is 5.10 Å². The van der Waals surface area contributed by atoms with Crippen molar-refractivity contribution in [3.63, 3.8) is 0 Å². The Morgan fingerprint density at radius 2 is 2.00 bits per heavy atom. The summed E-state index contributed by atoms with van der Waals surface area (Å²) in [6, 6.07) is 11.3. The molecule has 0 aliphatic carbocycles. The van der Waals surface area contributed by atoms with Gasteiger partial charge in [-0.25, -0.2) is 9.40 Å². The lowest BCUT2D eigenvalue weighted by atomic mass is 9.97. The summed E-state index contributed by atoms with van der Waals surface area (Å²) in [5, 5.41) is 5.86. The molecule has 0 saturated carbocycles. The molecule has 2 aromatic rings. The van der Waals surface area contributed by atoms with Gasteiger partial charge in [0, 0.05) is 32.1 Å². The van der Waals surface area contributed by atoms with Crippen molar-refractivity contribution in [1.82, 2.24) is 9.91 Å². The Balaban J connectivity index is 1.64. The van der Waals surface area contributed by atoms with Gasteiger partial charge in [0.2, 0.25) is 12.7 Å². The molecule has 174 valence electrons. The molecule has 9 heteroatoms. The van der Waals surface area contributed by atoms with E-state index in [-0.39, 0.29) is 31.6 Å². The fourth-order valence-electron chi connectivity index (χ4n) is 3.93. The number of nitrogens with zero attached hydrogens (tertiary/aromatic N) is 3. The number of hydrogen-bond acceptors (Lipinski definition) is 6. The van der Waals surface area contributed by atoms with Crippen molar-refractivity contribution in [2.24, 2.45) is 5.10 Å². The predicted molar refractivity (Wildman–Crippen MR) is 118 cm³/mol. The molecular formula is C24H26FN3O5. The Morgan fingerprint density at radius 1 is 1.21 bits per heavy atom. The van der Waals surface area contributed by atoms with Crippen LogP contribution in [0.2, 0.25) is 0 Å². The number of amides is 2. The van der Waals surface area contributed by atoms with Crippen LogP contribution in [-0.4, -0.2) is 61.0 Å². The van der Waals surface area contributed by atoms with E-state index < -0.39 is 11.9 Å². The van der Waals surface area contributed by atoms with E-state index in [0.717, 1.165) is 5.56 Å². The normalized spacial score (nSPS) is 16.6. The summed E-state index contributed by atoms with van der Waals surface area (Å²) in [7, 11) is 1.54. The molecular weight excluding hydrogens is 429 g/mol.